The zero-order chi connectivity index (χ0) is 14.7. The summed E-state index contributed by atoms with van der Waals surface area (Å²) in [6.45, 7) is 0. The second kappa shape index (κ2) is 5.54. The lowest BCUT2D eigenvalue weighted by Crippen LogP contribution is -1.85. The lowest BCUT2D eigenvalue weighted by atomic mass is 10.0. The summed E-state index contributed by atoms with van der Waals surface area (Å²) in [7, 11) is 0. The molecule has 0 aliphatic rings. The Morgan fingerprint density at radius 1 is 0.952 bits per heavy atom. The molecule has 1 heterocycles. The Labute approximate surface area is 125 Å². The van der Waals surface area contributed by atoms with Crippen molar-refractivity contribution in [1.82, 2.24) is 8.75 Å². The highest BCUT2D eigenvalue weighted by molar-refractivity contribution is 7.00. The maximum atomic E-state index is 8.87. The average molecular weight is 288 g/mol. The average Bonchev–Trinajstić information content (AvgIpc) is 3.03. The third-order valence-corrected chi connectivity index (χ3v) is 3.60. The second-order valence-corrected chi connectivity index (χ2v) is 4.84. The van der Waals surface area contributed by atoms with Crippen molar-refractivity contribution in [2.24, 2.45) is 0 Å². The van der Waals surface area contributed by atoms with E-state index in [-0.39, 0.29) is 5.57 Å². The molecule has 0 saturated heterocycles. The molecule has 0 bridgehead atoms. The molecule has 0 spiro atoms. The first-order valence-electron chi connectivity index (χ1n) is 6.16. The van der Waals surface area contributed by atoms with Gasteiger partial charge in [-0.15, -0.1) is 0 Å². The Morgan fingerprint density at radius 3 is 2.38 bits per heavy atom. The number of rotatable bonds is 2. The molecule has 0 fully saturated rings. The molecule has 0 unspecified atom stereocenters. The van der Waals surface area contributed by atoms with E-state index in [1.54, 1.807) is 6.08 Å². The van der Waals surface area contributed by atoms with Gasteiger partial charge in [-0.1, -0.05) is 42.5 Å². The first kappa shape index (κ1) is 13.0. The van der Waals surface area contributed by atoms with Gasteiger partial charge < -0.3 is 0 Å². The molecule has 4 nitrogen and oxygen atoms in total. The molecule has 0 radical (unpaired) electrons. The second-order valence-electron chi connectivity index (χ2n) is 4.31. The summed E-state index contributed by atoms with van der Waals surface area (Å²) in [5.41, 5.74) is 4.34. The highest BCUT2D eigenvalue weighted by Gasteiger charge is 2.11. The van der Waals surface area contributed by atoms with Gasteiger partial charge in [0.1, 0.15) is 28.7 Å². The molecular formula is C16H8N4S. The monoisotopic (exact) mass is 288 g/mol. The van der Waals surface area contributed by atoms with Gasteiger partial charge in [-0.25, -0.2) is 0 Å². The minimum atomic E-state index is 0.0526. The number of fused-ring (bicyclic) bond motifs is 1. The van der Waals surface area contributed by atoms with E-state index in [9.17, 15) is 0 Å². The summed E-state index contributed by atoms with van der Waals surface area (Å²) < 4.78 is 8.64. The van der Waals surface area contributed by atoms with Gasteiger partial charge in [0.2, 0.25) is 0 Å². The molecular weight excluding hydrogens is 280 g/mol. The van der Waals surface area contributed by atoms with Gasteiger partial charge >= 0.3 is 0 Å². The third-order valence-electron chi connectivity index (χ3n) is 3.07. The maximum Gasteiger partial charge on any atom is 0.130 e. The summed E-state index contributed by atoms with van der Waals surface area (Å²) in [6, 6.07) is 17.5. The number of allylic oxidation sites excluding steroid dienone is 1. The fourth-order valence-corrected chi connectivity index (χ4v) is 2.68. The van der Waals surface area contributed by atoms with Crippen LogP contribution in [0.25, 0.3) is 28.2 Å². The molecule has 98 valence electrons. The molecule has 0 aliphatic heterocycles. The minimum Gasteiger partial charge on any atom is -0.192 e. The van der Waals surface area contributed by atoms with E-state index in [0.29, 0.717) is 5.52 Å². The van der Waals surface area contributed by atoms with Crippen LogP contribution in [0.1, 0.15) is 5.56 Å². The predicted octanol–water partition coefficient (Wildman–Crippen LogP) is 3.79. The molecule has 2 aromatic carbocycles. The maximum absolute atomic E-state index is 8.87. The van der Waals surface area contributed by atoms with Crippen molar-refractivity contribution in [2.45, 2.75) is 0 Å². The van der Waals surface area contributed by atoms with Gasteiger partial charge in [0.25, 0.3) is 0 Å². The van der Waals surface area contributed by atoms with Gasteiger partial charge in [0, 0.05) is 11.1 Å². The van der Waals surface area contributed by atoms with Crippen LogP contribution in [0.3, 0.4) is 0 Å². The molecule has 0 atom stereocenters. The predicted molar refractivity (Wildman–Crippen MR) is 82.1 cm³/mol. The summed E-state index contributed by atoms with van der Waals surface area (Å²) in [4.78, 5) is 0. The summed E-state index contributed by atoms with van der Waals surface area (Å²) in [5, 5.41) is 17.7. The van der Waals surface area contributed by atoms with Gasteiger partial charge in [0.05, 0.1) is 11.7 Å². The Bertz CT molecular complexity index is 895. The van der Waals surface area contributed by atoms with E-state index in [1.807, 2.05) is 54.6 Å². The summed E-state index contributed by atoms with van der Waals surface area (Å²) in [6.07, 6.45) is 1.54. The van der Waals surface area contributed by atoms with Crippen LogP contribution in [0.15, 0.2) is 48.0 Å². The smallest absolute Gasteiger partial charge is 0.130 e. The van der Waals surface area contributed by atoms with Crippen LogP contribution in [0.4, 0.5) is 0 Å². The molecule has 0 saturated carbocycles. The standard InChI is InChI=1S/C16H8N4S/c17-9-11(10-18)8-13-6-7-14(12-4-2-1-3-5-12)16-15(13)19-21-20-16/h1-8H. The Hall–Kier alpha value is -3.02. The SMILES string of the molecule is N#CC(C#N)=Cc1ccc(-c2ccccc2)c2nsnc12. The third kappa shape index (κ3) is 2.38. The Morgan fingerprint density at radius 2 is 1.67 bits per heavy atom. The first-order valence-corrected chi connectivity index (χ1v) is 6.89. The van der Waals surface area contributed by atoms with Crippen LogP contribution in [0.2, 0.25) is 0 Å². The van der Waals surface area contributed by atoms with Gasteiger partial charge in [-0.3, -0.25) is 0 Å². The number of hydrogen-bond acceptors (Lipinski definition) is 5. The molecule has 3 rings (SSSR count). The molecule has 21 heavy (non-hydrogen) atoms. The number of benzene rings is 2. The van der Waals surface area contributed by atoms with Gasteiger partial charge in [0.15, 0.2) is 0 Å². The van der Waals surface area contributed by atoms with Crippen LogP contribution < -0.4 is 0 Å². The molecule has 5 heteroatoms. The number of nitriles is 2. The number of aromatic nitrogens is 2. The summed E-state index contributed by atoms with van der Waals surface area (Å²) in [5.74, 6) is 0. The molecule has 0 N–H and O–H groups in total. The Kier molecular flexibility index (Phi) is 3.42. The molecule has 1 aromatic heterocycles. The van der Waals surface area contributed by atoms with E-state index < -0.39 is 0 Å². The lowest BCUT2D eigenvalue weighted by Gasteiger charge is -2.03. The van der Waals surface area contributed by atoms with Gasteiger partial charge in [-0.2, -0.15) is 19.3 Å². The largest absolute Gasteiger partial charge is 0.192 e. The van der Waals surface area contributed by atoms with E-state index >= 15 is 0 Å². The van der Waals surface area contributed by atoms with E-state index in [0.717, 1.165) is 33.9 Å². The zero-order valence-electron chi connectivity index (χ0n) is 10.8. The van der Waals surface area contributed by atoms with Crippen molar-refractivity contribution < 1.29 is 0 Å². The van der Waals surface area contributed by atoms with Crippen molar-refractivity contribution in [1.29, 1.82) is 10.5 Å². The van der Waals surface area contributed by atoms with Crippen LogP contribution in [-0.2, 0) is 0 Å². The topological polar surface area (TPSA) is 73.4 Å². The fraction of sp³-hybridized carbons (Fsp3) is 0. The molecule has 3 aromatic rings. The van der Waals surface area contributed by atoms with Gasteiger partial charge in [-0.05, 0) is 11.6 Å². The number of nitrogens with zero attached hydrogens (tertiary/aromatic N) is 4. The van der Waals surface area contributed by atoms with E-state index in [2.05, 4.69) is 8.75 Å². The number of hydrogen-bond donors (Lipinski definition) is 0. The van der Waals surface area contributed by atoms with E-state index in [1.165, 1.54) is 0 Å². The van der Waals surface area contributed by atoms with Crippen molar-refractivity contribution in [3.63, 3.8) is 0 Å². The van der Waals surface area contributed by atoms with E-state index in [4.69, 9.17) is 10.5 Å². The van der Waals surface area contributed by atoms with Crippen molar-refractivity contribution in [3.05, 3.63) is 53.6 Å². The quantitative estimate of drug-likeness (QED) is 0.672. The highest BCUT2D eigenvalue weighted by Crippen LogP contribution is 2.30. The van der Waals surface area contributed by atoms with Crippen LogP contribution >= 0.6 is 11.7 Å². The first-order chi connectivity index (χ1) is 10.3. The fourth-order valence-electron chi connectivity index (χ4n) is 2.10. The van der Waals surface area contributed by atoms with Crippen LogP contribution in [-0.4, -0.2) is 8.75 Å². The normalized spacial score (nSPS) is 9.81. The lowest BCUT2D eigenvalue weighted by molar-refractivity contribution is 1.47. The Balaban J connectivity index is 2.22. The molecule has 0 amide bonds. The van der Waals surface area contributed by atoms with Crippen LogP contribution in [0.5, 0.6) is 0 Å². The highest BCUT2D eigenvalue weighted by atomic mass is 32.1. The zero-order valence-corrected chi connectivity index (χ0v) is 11.6. The van der Waals surface area contributed by atoms with Crippen LogP contribution in [0, 0.1) is 22.7 Å². The molecule has 0 aliphatic carbocycles. The summed E-state index contributed by atoms with van der Waals surface area (Å²) >= 11 is 1.12. The minimum absolute atomic E-state index is 0.0526. The van der Waals surface area contributed by atoms with Crippen molar-refractivity contribution >= 4 is 28.8 Å². The van der Waals surface area contributed by atoms with Crippen molar-refractivity contribution in [2.75, 3.05) is 0 Å². The van der Waals surface area contributed by atoms with Crippen molar-refractivity contribution in [3.8, 4) is 23.3 Å².